The van der Waals surface area contributed by atoms with Crippen molar-refractivity contribution in [3.8, 4) is 0 Å². The van der Waals surface area contributed by atoms with E-state index in [0.29, 0.717) is 12.5 Å². The highest BCUT2D eigenvalue weighted by molar-refractivity contribution is 7.09. The average molecular weight is 283 g/mol. The third kappa shape index (κ3) is 3.65. The number of aliphatic carboxylic acids is 1. The first kappa shape index (κ1) is 14.2. The molecule has 1 saturated carbocycles. The van der Waals surface area contributed by atoms with Crippen LogP contribution in [-0.4, -0.2) is 27.0 Å². The smallest absolute Gasteiger partial charge is 0.306 e. The third-order valence-corrected chi connectivity index (χ3v) is 4.39. The van der Waals surface area contributed by atoms with E-state index in [1.165, 1.54) is 11.5 Å². The highest BCUT2D eigenvalue weighted by Crippen LogP contribution is 2.30. The summed E-state index contributed by atoms with van der Waals surface area (Å²) in [6, 6.07) is 0. The van der Waals surface area contributed by atoms with Crippen LogP contribution in [0, 0.1) is 11.8 Å². The van der Waals surface area contributed by atoms with Crippen molar-refractivity contribution in [2.75, 3.05) is 11.9 Å². The number of anilines is 1. The lowest BCUT2D eigenvalue weighted by molar-refractivity contribution is -0.144. The van der Waals surface area contributed by atoms with Crippen LogP contribution in [0.25, 0.3) is 0 Å². The molecule has 2 atom stereocenters. The van der Waals surface area contributed by atoms with Gasteiger partial charge in [0.15, 0.2) is 0 Å². The van der Waals surface area contributed by atoms with E-state index >= 15 is 0 Å². The van der Waals surface area contributed by atoms with Gasteiger partial charge in [0.05, 0.1) is 5.92 Å². The van der Waals surface area contributed by atoms with Gasteiger partial charge in [0.1, 0.15) is 5.82 Å². The van der Waals surface area contributed by atoms with Gasteiger partial charge < -0.3 is 10.4 Å². The first-order chi connectivity index (χ1) is 9.08. The van der Waals surface area contributed by atoms with Gasteiger partial charge in [-0.1, -0.05) is 26.7 Å². The van der Waals surface area contributed by atoms with E-state index in [1.807, 2.05) is 0 Å². The fraction of sp³-hybridized carbons (Fsp3) is 0.769. The van der Waals surface area contributed by atoms with Crippen LogP contribution in [0.4, 0.5) is 5.13 Å². The van der Waals surface area contributed by atoms with E-state index < -0.39 is 5.97 Å². The van der Waals surface area contributed by atoms with Crippen molar-refractivity contribution >= 4 is 22.6 Å². The molecule has 2 unspecified atom stereocenters. The van der Waals surface area contributed by atoms with Crippen molar-refractivity contribution in [3.05, 3.63) is 5.82 Å². The SMILES string of the molecule is CC(C)c1nsc(NCC2CCCCC2C(=O)O)n1. The Morgan fingerprint density at radius 3 is 2.84 bits per heavy atom. The molecule has 1 fully saturated rings. The van der Waals surface area contributed by atoms with Crippen molar-refractivity contribution in [2.24, 2.45) is 11.8 Å². The predicted octanol–water partition coefficient (Wildman–Crippen LogP) is 2.96. The molecule has 1 aromatic heterocycles. The second-order valence-electron chi connectivity index (χ2n) is 5.48. The Morgan fingerprint density at radius 2 is 2.21 bits per heavy atom. The average Bonchev–Trinajstić information content (AvgIpc) is 2.85. The number of carbonyl (C=O) groups is 1. The van der Waals surface area contributed by atoms with Crippen LogP contribution in [0.2, 0.25) is 0 Å². The molecule has 0 bridgehead atoms. The molecular weight excluding hydrogens is 262 g/mol. The second kappa shape index (κ2) is 6.32. The van der Waals surface area contributed by atoms with E-state index in [1.54, 1.807) is 0 Å². The molecule has 2 rings (SSSR count). The van der Waals surface area contributed by atoms with Crippen LogP contribution in [-0.2, 0) is 4.79 Å². The Morgan fingerprint density at radius 1 is 1.47 bits per heavy atom. The summed E-state index contributed by atoms with van der Waals surface area (Å²) in [5.74, 6) is 0.516. The lowest BCUT2D eigenvalue weighted by Crippen LogP contribution is -2.31. The van der Waals surface area contributed by atoms with E-state index in [0.717, 1.165) is 36.6 Å². The Bertz CT molecular complexity index is 433. The summed E-state index contributed by atoms with van der Waals surface area (Å²) in [7, 11) is 0. The number of hydrogen-bond donors (Lipinski definition) is 2. The molecule has 106 valence electrons. The fourth-order valence-electron chi connectivity index (χ4n) is 2.54. The molecule has 1 aliphatic carbocycles. The second-order valence-corrected chi connectivity index (χ2v) is 6.23. The van der Waals surface area contributed by atoms with Crippen molar-refractivity contribution in [1.82, 2.24) is 9.36 Å². The van der Waals surface area contributed by atoms with Gasteiger partial charge in [0.2, 0.25) is 5.13 Å². The zero-order valence-electron chi connectivity index (χ0n) is 11.4. The summed E-state index contributed by atoms with van der Waals surface area (Å²) < 4.78 is 4.29. The monoisotopic (exact) mass is 283 g/mol. The maximum Gasteiger partial charge on any atom is 0.306 e. The molecule has 0 saturated heterocycles. The molecule has 0 amide bonds. The number of aromatic nitrogens is 2. The van der Waals surface area contributed by atoms with Gasteiger partial charge in [-0.25, -0.2) is 4.98 Å². The van der Waals surface area contributed by atoms with E-state index in [9.17, 15) is 9.90 Å². The maximum absolute atomic E-state index is 11.2. The topological polar surface area (TPSA) is 75.1 Å². The Hall–Kier alpha value is -1.17. The number of carboxylic acid groups (broad SMARTS) is 1. The van der Waals surface area contributed by atoms with Crippen molar-refractivity contribution in [1.29, 1.82) is 0 Å². The van der Waals surface area contributed by atoms with Crippen LogP contribution in [0.3, 0.4) is 0 Å². The van der Waals surface area contributed by atoms with Gasteiger partial charge in [-0.2, -0.15) is 4.37 Å². The van der Waals surface area contributed by atoms with Crippen molar-refractivity contribution < 1.29 is 9.90 Å². The molecule has 0 radical (unpaired) electrons. The van der Waals surface area contributed by atoms with Crippen LogP contribution in [0.15, 0.2) is 0 Å². The normalized spacial score (nSPS) is 23.5. The van der Waals surface area contributed by atoms with E-state index in [2.05, 4.69) is 28.5 Å². The number of rotatable bonds is 5. The van der Waals surface area contributed by atoms with Gasteiger partial charge in [-0.15, -0.1) is 0 Å². The summed E-state index contributed by atoms with van der Waals surface area (Å²) in [4.78, 5) is 15.6. The molecule has 1 aliphatic rings. The number of nitrogens with one attached hydrogen (secondary N) is 1. The summed E-state index contributed by atoms with van der Waals surface area (Å²) in [6.07, 6.45) is 3.95. The number of carboxylic acids is 1. The standard InChI is InChI=1S/C13H21N3O2S/c1-8(2)11-15-13(19-16-11)14-7-9-5-3-4-6-10(9)12(17)18/h8-10H,3-7H2,1-2H3,(H,17,18)(H,14,15,16). The van der Waals surface area contributed by atoms with Gasteiger partial charge in [0.25, 0.3) is 0 Å². The molecule has 2 N–H and O–H groups in total. The Kier molecular flexibility index (Phi) is 4.74. The highest BCUT2D eigenvalue weighted by Gasteiger charge is 2.30. The molecule has 6 heteroatoms. The number of hydrogen-bond acceptors (Lipinski definition) is 5. The predicted molar refractivity (Wildman–Crippen MR) is 75.6 cm³/mol. The summed E-state index contributed by atoms with van der Waals surface area (Å²) >= 11 is 1.36. The minimum atomic E-state index is -0.661. The minimum Gasteiger partial charge on any atom is -0.481 e. The third-order valence-electron chi connectivity index (χ3n) is 3.70. The van der Waals surface area contributed by atoms with Gasteiger partial charge in [-0.3, -0.25) is 4.79 Å². The molecule has 5 nitrogen and oxygen atoms in total. The zero-order chi connectivity index (χ0) is 13.8. The number of nitrogens with zero attached hydrogens (tertiary/aromatic N) is 2. The summed E-state index contributed by atoms with van der Waals surface area (Å²) in [6.45, 7) is 4.81. The Balaban J connectivity index is 1.90. The lowest BCUT2D eigenvalue weighted by Gasteiger charge is -2.28. The van der Waals surface area contributed by atoms with Gasteiger partial charge in [-0.05, 0) is 18.8 Å². The van der Waals surface area contributed by atoms with Crippen molar-refractivity contribution in [2.45, 2.75) is 45.4 Å². The molecule has 1 heterocycles. The quantitative estimate of drug-likeness (QED) is 0.869. The molecule has 0 aromatic carbocycles. The zero-order valence-corrected chi connectivity index (χ0v) is 12.2. The van der Waals surface area contributed by atoms with E-state index in [4.69, 9.17) is 0 Å². The van der Waals surface area contributed by atoms with Crippen molar-refractivity contribution in [3.63, 3.8) is 0 Å². The first-order valence-electron chi connectivity index (χ1n) is 6.88. The first-order valence-corrected chi connectivity index (χ1v) is 7.65. The van der Waals surface area contributed by atoms with Gasteiger partial charge >= 0.3 is 5.97 Å². The van der Waals surface area contributed by atoms with Gasteiger partial charge in [0, 0.05) is 24.0 Å². The van der Waals surface area contributed by atoms with Crippen LogP contribution in [0.1, 0.15) is 51.3 Å². The molecular formula is C13H21N3O2S. The molecule has 0 aliphatic heterocycles. The summed E-state index contributed by atoms with van der Waals surface area (Å²) in [5.41, 5.74) is 0. The van der Waals surface area contributed by atoms with Crippen LogP contribution < -0.4 is 5.32 Å². The lowest BCUT2D eigenvalue weighted by atomic mass is 9.79. The largest absolute Gasteiger partial charge is 0.481 e. The fourth-order valence-corrected chi connectivity index (χ4v) is 3.25. The van der Waals surface area contributed by atoms with Crippen LogP contribution >= 0.6 is 11.5 Å². The molecule has 0 spiro atoms. The Labute approximate surface area is 117 Å². The highest BCUT2D eigenvalue weighted by atomic mass is 32.1. The molecule has 1 aromatic rings. The maximum atomic E-state index is 11.2. The van der Waals surface area contributed by atoms with Crippen LogP contribution in [0.5, 0.6) is 0 Å². The summed E-state index contributed by atoms with van der Waals surface area (Å²) in [5, 5.41) is 13.3. The minimum absolute atomic E-state index is 0.206. The van der Waals surface area contributed by atoms with E-state index in [-0.39, 0.29) is 11.8 Å². The molecule has 19 heavy (non-hydrogen) atoms.